The lowest BCUT2D eigenvalue weighted by Gasteiger charge is -2.31. The van der Waals surface area contributed by atoms with Gasteiger partial charge < -0.3 is 14.7 Å². The van der Waals surface area contributed by atoms with E-state index in [1.807, 2.05) is 32.7 Å². The number of aromatic nitrogens is 1. The maximum absolute atomic E-state index is 12.4. The molecule has 0 saturated carbocycles. The number of hydrogen-bond donors (Lipinski definition) is 1. The zero-order valence-electron chi connectivity index (χ0n) is 12.6. The molecule has 0 aliphatic carbocycles. The molecular formula is C14H24ClN3O2. The average molecular weight is 302 g/mol. The molecule has 1 unspecified atom stereocenters. The largest absolute Gasteiger partial charge is 0.360 e. The van der Waals surface area contributed by atoms with Gasteiger partial charge in [-0.05, 0) is 19.9 Å². The maximum atomic E-state index is 12.4. The predicted molar refractivity (Wildman–Crippen MR) is 80.4 cm³/mol. The van der Waals surface area contributed by atoms with Gasteiger partial charge in [-0.25, -0.2) is 0 Å². The Morgan fingerprint density at radius 2 is 2.20 bits per heavy atom. The van der Waals surface area contributed by atoms with E-state index in [4.69, 9.17) is 4.52 Å². The maximum Gasteiger partial charge on any atom is 0.276 e. The van der Waals surface area contributed by atoms with Gasteiger partial charge in [-0.15, -0.1) is 12.4 Å². The van der Waals surface area contributed by atoms with Gasteiger partial charge in [0.2, 0.25) is 0 Å². The molecule has 0 radical (unpaired) electrons. The molecule has 1 fully saturated rings. The minimum Gasteiger partial charge on any atom is -0.360 e. The summed E-state index contributed by atoms with van der Waals surface area (Å²) in [5, 5.41) is 7.15. The van der Waals surface area contributed by atoms with Crippen LogP contribution in [0.3, 0.4) is 0 Å². The van der Waals surface area contributed by atoms with Crippen LogP contribution in [-0.4, -0.2) is 42.1 Å². The molecule has 5 nitrogen and oxygen atoms in total. The fourth-order valence-electron chi connectivity index (χ4n) is 2.29. The second-order valence-electron chi connectivity index (χ2n) is 6.21. The van der Waals surface area contributed by atoms with E-state index < -0.39 is 0 Å². The van der Waals surface area contributed by atoms with Crippen LogP contribution in [0.1, 0.15) is 49.9 Å². The Morgan fingerprint density at radius 1 is 1.50 bits per heavy atom. The van der Waals surface area contributed by atoms with E-state index in [1.54, 1.807) is 6.07 Å². The third-order valence-electron chi connectivity index (χ3n) is 3.59. The molecule has 1 amide bonds. The zero-order valence-corrected chi connectivity index (χ0v) is 13.4. The van der Waals surface area contributed by atoms with E-state index in [1.165, 1.54) is 0 Å². The number of likely N-dealkylation sites (tertiary alicyclic amines) is 1. The molecular weight excluding hydrogens is 278 g/mol. The highest BCUT2D eigenvalue weighted by atomic mass is 35.5. The SMILES string of the molecule is CNC1CCCN(C(=O)c2cc(C(C)(C)C)on2)C1.Cl. The predicted octanol–water partition coefficient (Wildman–Crippen LogP) is 2.22. The first-order chi connectivity index (χ1) is 8.91. The number of carbonyl (C=O) groups is 1. The second kappa shape index (κ2) is 6.59. The molecule has 0 aromatic carbocycles. The van der Waals surface area contributed by atoms with Crippen LogP contribution >= 0.6 is 12.4 Å². The van der Waals surface area contributed by atoms with Crippen molar-refractivity contribution in [2.75, 3.05) is 20.1 Å². The standard InChI is InChI=1S/C14H23N3O2.ClH/c1-14(2,3)12-8-11(16-19-12)13(18)17-7-5-6-10(9-17)15-4;/h8,10,15H,5-7,9H2,1-4H3;1H. The summed E-state index contributed by atoms with van der Waals surface area (Å²) in [5.41, 5.74) is 0.294. The van der Waals surface area contributed by atoms with E-state index in [2.05, 4.69) is 10.5 Å². The Morgan fingerprint density at radius 3 is 2.75 bits per heavy atom. The van der Waals surface area contributed by atoms with Crippen molar-refractivity contribution in [3.05, 3.63) is 17.5 Å². The summed E-state index contributed by atoms with van der Waals surface area (Å²) < 4.78 is 5.28. The molecule has 1 aliphatic heterocycles. The third-order valence-corrected chi connectivity index (χ3v) is 3.59. The van der Waals surface area contributed by atoms with Crippen LogP contribution in [0.15, 0.2) is 10.6 Å². The lowest BCUT2D eigenvalue weighted by atomic mass is 9.93. The van der Waals surface area contributed by atoms with Crippen LogP contribution in [0.2, 0.25) is 0 Å². The summed E-state index contributed by atoms with van der Waals surface area (Å²) in [6.45, 7) is 7.67. The molecule has 0 spiro atoms. The minimum atomic E-state index is -0.124. The molecule has 1 N–H and O–H groups in total. The van der Waals surface area contributed by atoms with Crippen LogP contribution < -0.4 is 5.32 Å². The molecule has 1 saturated heterocycles. The Balaban J connectivity index is 0.00000200. The lowest BCUT2D eigenvalue weighted by Crippen LogP contribution is -2.47. The number of hydrogen-bond acceptors (Lipinski definition) is 4. The fraction of sp³-hybridized carbons (Fsp3) is 0.714. The van der Waals surface area contributed by atoms with Gasteiger partial charge in [0, 0.05) is 30.6 Å². The van der Waals surface area contributed by atoms with E-state index in [0.717, 1.165) is 31.7 Å². The van der Waals surface area contributed by atoms with Crippen molar-refractivity contribution in [1.29, 1.82) is 0 Å². The number of amides is 1. The van der Waals surface area contributed by atoms with Crippen LogP contribution in [0.5, 0.6) is 0 Å². The Labute approximate surface area is 126 Å². The summed E-state index contributed by atoms with van der Waals surface area (Å²) in [7, 11) is 1.94. The normalized spacial score (nSPS) is 19.6. The summed E-state index contributed by atoms with van der Waals surface area (Å²) in [4.78, 5) is 14.2. The molecule has 1 aromatic heterocycles. The molecule has 6 heteroatoms. The van der Waals surface area contributed by atoms with Gasteiger partial charge in [0.05, 0.1) is 0 Å². The summed E-state index contributed by atoms with van der Waals surface area (Å²) in [5.74, 6) is 0.720. The number of likely N-dealkylation sites (N-methyl/N-ethyl adjacent to an activating group) is 1. The summed E-state index contributed by atoms with van der Waals surface area (Å²) in [6, 6.07) is 2.15. The molecule has 0 bridgehead atoms. The third kappa shape index (κ3) is 3.73. The average Bonchev–Trinajstić information content (AvgIpc) is 2.87. The van der Waals surface area contributed by atoms with Crippen molar-refractivity contribution >= 4 is 18.3 Å². The topological polar surface area (TPSA) is 58.4 Å². The first kappa shape index (κ1) is 17.0. The first-order valence-corrected chi connectivity index (χ1v) is 6.85. The van der Waals surface area contributed by atoms with Gasteiger partial charge in [-0.3, -0.25) is 4.79 Å². The van der Waals surface area contributed by atoms with Crippen LogP contribution in [0, 0.1) is 0 Å². The monoisotopic (exact) mass is 301 g/mol. The van der Waals surface area contributed by atoms with Crippen molar-refractivity contribution in [1.82, 2.24) is 15.4 Å². The van der Waals surface area contributed by atoms with Crippen molar-refractivity contribution in [3.8, 4) is 0 Å². The molecule has 20 heavy (non-hydrogen) atoms. The fourth-order valence-corrected chi connectivity index (χ4v) is 2.29. The Kier molecular flexibility index (Phi) is 5.59. The highest BCUT2D eigenvalue weighted by molar-refractivity contribution is 5.92. The van der Waals surface area contributed by atoms with E-state index in [9.17, 15) is 4.79 Å². The van der Waals surface area contributed by atoms with Gasteiger partial charge in [-0.1, -0.05) is 25.9 Å². The van der Waals surface area contributed by atoms with E-state index >= 15 is 0 Å². The smallest absolute Gasteiger partial charge is 0.276 e. The van der Waals surface area contributed by atoms with Gasteiger partial charge in [0.15, 0.2) is 5.69 Å². The van der Waals surface area contributed by atoms with Gasteiger partial charge >= 0.3 is 0 Å². The van der Waals surface area contributed by atoms with Crippen LogP contribution in [-0.2, 0) is 5.41 Å². The number of halogens is 1. The number of rotatable bonds is 2. The minimum absolute atomic E-state index is 0. The van der Waals surface area contributed by atoms with Gasteiger partial charge in [-0.2, -0.15) is 0 Å². The zero-order chi connectivity index (χ0) is 14.0. The number of carbonyl (C=O) groups excluding carboxylic acids is 1. The lowest BCUT2D eigenvalue weighted by molar-refractivity contribution is 0.0687. The number of nitrogens with one attached hydrogen (secondary N) is 1. The van der Waals surface area contributed by atoms with Crippen LogP contribution in [0.4, 0.5) is 0 Å². The van der Waals surface area contributed by atoms with Crippen molar-refractivity contribution in [2.45, 2.75) is 45.1 Å². The Hall–Kier alpha value is -1.07. The van der Waals surface area contributed by atoms with E-state index in [-0.39, 0.29) is 23.7 Å². The van der Waals surface area contributed by atoms with Crippen molar-refractivity contribution in [2.24, 2.45) is 0 Å². The highest BCUT2D eigenvalue weighted by Crippen LogP contribution is 2.23. The molecule has 2 heterocycles. The number of piperidine rings is 1. The molecule has 1 aliphatic rings. The quantitative estimate of drug-likeness (QED) is 0.910. The van der Waals surface area contributed by atoms with E-state index in [0.29, 0.717) is 11.7 Å². The van der Waals surface area contributed by atoms with Crippen molar-refractivity contribution in [3.63, 3.8) is 0 Å². The first-order valence-electron chi connectivity index (χ1n) is 6.85. The van der Waals surface area contributed by atoms with Gasteiger partial charge in [0.1, 0.15) is 5.76 Å². The number of nitrogens with zero attached hydrogens (tertiary/aromatic N) is 2. The van der Waals surface area contributed by atoms with Gasteiger partial charge in [0.25, 0.3) is 5.91 Å². The molecule has 1 atom stereocenters. The molecule has 114 valence electrons. The Bertz CT molecular complexity index is 454. The summed E-state index contributed by atoms with van der Waals surface area (Å²) in [6.07, 6.45) is 2.15. The van der Waals surface area contributed by atoms with Crippen molar-refractivity contribution < 1.29 is 9.32 Å². The van der Waals surface area contributed by atoms with Crippen LogP contribution in [0.25, 0.3) is 0 Å². The molecule has 1 aromatic rings. The molecule has 2 rings (SSSR count). The second-order valence-corrected chi connectivity index (χ2v) is 6.21. The highest BCUT2D eigenvalue weighted by Gasteiger charge is 2.27. The summed E-state index contributed by atoms with van der Waals surface area (Å²) >= 11 is 0.